The first-order chi connectivity index (χ1) is 7.52. The largest absolute Gasteiger partial charge is 0.300 e. The Morgan fingerprint density at radius 2 is 2.31 bits per heavy atom. The Morgan fingerprint density at radius 3 is 2.88 bits per heavy atom. The topological polar surface area (TPSA) is 99.8 Å². The molecule has 2 N–H and O–H groups in total. The van der Waals surface area contributed by atoms with Crippen molar-refractivity contribution in [1.29, 1.82) is 5.26 Å². The molecule has 1 aliphatic carbocycles. The fourth-order valence-corrected chi connectivity index (χ4v) is 2.45. The van der Waals surface area contributed by atoms with Crippen LogP contribution in [0.1, 0.15) is 18.4 Å². The molecule has 2 rings (SSSR count). The van der Waals surface area contributed by atoms with E-state index < -0.39 is 10.2 Å². The Bertz CT molecular complexity index is 537. The second-order valence-electron chi connectivity index (χ2n) is 3.64. The van der Waals surface area contributed by atoms with Gasteiger partial charge in [-0.15, -0.1) is 0 Å². The fourth-order valence-electron chi connectivity index (χ4n) is 1.22. The van der Waals surface area contributed by atoms with Crippen LogP contribution in [-0.2, 0) is 17.3 Å². The van der Waals surface area contributed by atoms with Crippen molar-refractivity contribution in [1.82, 2.24) is 14.5 Å². The predicted molar refractivity (Wildman–Crippen MR) is 56.6 cm³/mol. The van der Waals surface area contributed by atoms with Gasteiger partial charge in [-0.1, -0.05) is 0 Å². The van der Waals surface area contributed by atoms with Crippen molar-refractivity contribution in [3.8, 4) is 6.07 Å². The van der Waals surface area contributed by atoms with Crippen molar-refractivity contribution in [2.45, 2.75) is 18.9 Å². The molecular formula is C8H11N5O2S. The summed E-state index contributed by atoms with van der Waals surface area (Å²) in [6.07, 6.45) is 3.03. The Balaban J connectivity index is 2.19. The van der Waals surface area contributed by atoms with Gasteiger partial charge >= 0.3 is 10.2 Å². The summed E-state index contributed by atoms with van der Waals surface area (Å²) in [7, 11) is -2.04. The van der Waals surface area contributed by atoms with E-state index in [-0.39, 0.29) is 17.4 Å². The average molecular weight is 241 g/mol. The van der Waals surface area contributed by atoms with E-state index in [9.17, 15) is 8.42 Å². The lowest BCUT2D eigenvalue weighted by atomic mass is 10.4. The summed E-state index contributed by atoms with van der Waals surface area (Å²) < 4.78 is 29.3. The van der Waals surface area contributed by atoms with Crippen molar-refractivity contribution in [2.75, 3.05) is 4.72 Å². The van der Waals surface area contributed by atoms with Crippen LogP contribution in [0.25, 0.3) is 0 Å². The van der Waals surface area contributed by atoms with Crippen molar-refractivity contribution < 1.29 is 8.42 Å². The number of nitrogens with zero attached hydrogens (tertiary/aromatic N) is 3. The number of nitrogens with one attached hydrogen (secondary N) is 2. The van der Waals surface area contributed by atoms with Crippen LogP contribution < -0.4 is 9.44 Å². The van der Waals surface area contributed by atoms with Gasteiger partial charge < -0.3 is 0 Å². The number of hydrogen-bond donors (Lipinski definition) is 2. The molecule has 16 heavy (non-hydrogen) atoms. The lowest BCUT2D eigenvalue weighted by Gasteiger charge is -2.08. The number of aromatic nitrogens is 2. The van der Waals surface area contributed by atoms with Gasteiger partial charge in [0.05, 0.1) is 6.20 Å². The molecule has 0 aliphatic heterocycles. The van der Waals surface area contributed by atoms with Crippen LogP contribution in [0.5, 0.6) is 0 Å². The molecule has 86 valence electrons. The first-order valence-electron chi connectivity index (χ1n) is 4.74. The third-order valence-electron chi connectivity index (χ3n) is 2.19. The third-order valence-corrected chi connectivity index (χ3v) is 3.30. The quantitative estimate of drug-likeness (QED) is 0.755. The van der Waals surface area contributed by atoms with Crippen LogP contribution in [0.4, 0.5) is 5.82 Å². The van der Waals surface area contributed by atoms with Crippen molar-refractivity contribution in [2.24, 2.45) is 7.05 Å². The number of nitriles is 1. The Labute approximate surface area is 93.2 Å². The summed E-state index contributed by atoms with van der Waals surface area (Å²) in [4.78, 5) is 0. The van der Waals surface area contributed by atoms with Gasteiger partial charge in [-0.25, -0.2) is 0 Å². The zero-order valence-electron chi connectivity index (χ0n) is 8.64. The second-order valence-corrected chi connectivity index (χ2v) is 5.09. The smallest absolute Gasteiger partial charge is 0.254 e. The Morgan fingerprint density at radius 1 is 1.62 bits per heavy atom. The molecule has 1 fully saturated rings. The molecule has 0 amide bonds. The molecule has 1 saturated carbocycles. The molecule has 0 radical (unpaired) electrons. The van der Waals surface area contributed by atoms with Gasteiger partial charge in [0, 0.05) is 13.1 Å². The summed E-state index contributed by atoms with van der Waals surface area (Å²) in [5.41, 5.74) is 0.198. The molecule has 1 aliphatic rings. The molecule has 0 bridgehead atoms. The van der Waals surface area contributed by atoms with E-state index in [1.165, 1.54) is 10.9 Å². The Kier molecular flexibility index (Phi) is 2.57. The highest BCUT2D eigenvalue weighted by molar-refractivity contribution is 7.90. The maximum absolute atomic E-state index is 11.6. The van der Waals surface area contributed by atoms with Crippen molar-refractivity contribution >= 4 is 16.0 Å². The van der Waals surface area contributed by atoms with Gasteiger partial charge in [0.2, 0.25) is 0 Å². The van der Waals surface area contributed by atoms with E-state index in [1.54, 1.807) is 7.05 Å². The first-order valence-corrected chi connectivity index (χ1v) is 6.22. The van der Waals surface area contributed by atoms with E-state index in [0.29, 0.717) is 0 Å². The molecule has 1 aromatic heterocycles. The highest BCUT2D eigenvalue weighted by Gasteiger charge is 2.27. The fraction of sp³-hybridized carbons (Fsp3) is 0.500. The summed E-state index contributed by atoms with van der Waals surface area (Å²) in [5.74, 6) is 0.177. The predicted octanol–water partition coefficient (Wildman–Crippen LogP) is -0.300. The van der Waals surface area contributed by atoms with Crippen molar-refractivity contribution in [3.05, 3.63) is 11.8 Å². The maximum Gasteiger partial charge on any atom is 0.300 e. The number of hydrogen-bond acceptors (Lipinski definition) is 4. The van der Waals surface area contributed by atoms with Gasteiger partial charge in [0.1, 0.15) is 11.6 Å². The summed E-state index contributed by atoms with van der Waals surface area (Å²) in [6.45, 7) is 0. The lowest BCUT2D eigenvalue weighted by molar-refractivity contribution is 0.585. The average Bonchev–Trinajstić information content (AvgIpc) is 2.93. The molecular weight excluding hydrogens is 230 g/mol. The standard InChI is InChI=1S/C8H11N5O2S/c1-13-8(6(4-9)5-10-13)12-16(14,15)11-7-2-3-7/h5,7,11-12H,2-3H2,1H3. The van der Waals surface area contributed by atoms with Crippen LogP contribution in [0.3, 0.4) is 0 Å². The minimum absolute atomic E-state index is 0.0243. The molecule has 1 heterocycles. The highest BCUT2D eigenvalue weighted by Crippen LogP contribution is 2.21. The van der Waals surface area contributed by atoms with E-state index in [1.807, 2.05) is 6.07 Å². The second kappa shape index (κ2) is 3.77. The Hall–Kier alpha value is -1.59. The number of aryl methyl sites for hydroxylation is 1. The number of anilines is 1. The van der Waals surface area contributed by atoms with Gasteiger partial charge in [0.25, 0.3) is 0 Å². The highest BCUT2D eigenvalue weighted by atomic mass is 32.2. The maximum atomic E-state index is 11.6. The van der Waals surface area contributed by atoms with Crippen LogP contribution in [0, 0.1) is 11.3 Å². The summed E-state index contributed by atoms with van der Waals surface area (Å²) in [5, 5.41) is 12.6. The van der Waals surface area contributed by atoms with Gasteiger partial charge in [-0.2, -0.15) is 23.5 Å². The summed E-state index contributed by atoms with van der Waals surface area (Å²) in [6, 6.07) is 1.89. The molecule has 8 heteroatoms. The zero-order chi connectivity index (χ0) is 11.8. The zero-order valence-corrected chi connectivity index (χ0v) is 9.45. The van der Waals surface area contributed by atoms with Crippen LogP contribution in [-0.4, -0.2) is 24.2 Å². The van der Waals surface area contributed by atoms with E-state index in [2.05, 4.69) is 14.5 Å². The molecule has 1 aromatic rings. The van der Waals surface area contributed by atoms with Crippen LogP contribution >= 0.6 is 0 Å². The lowest BCUT2D eigenvalue weighted by Crippen LogP contribution is -2.32. The minimum Gasteiger partial charge on any atom is -0.254 e. The molecule has 0 unspecified atom stereocenters. The molecule has 0 aromatic carbocycles. The first kappa shape index (κ1) is 10.9. The monoisotopic (exact) mass is 241 g/mol. The van der Waals surface area contributed by atoms with Crippen molar-refractivity contribution in [3.63, 3.8) is 0 Å². The van der Waals surface area contributed by atoms with Gasteiger partial charge in [0.15, 0.2) is 5.82 Å². The van der Waals surface area contributed by atoms with Crippen LogP contribution in [0.2, 0.25) is 0 Å². The van der Waals surface area contributed by atoms with Gasteiger partial charge in [-0.05, 0) is 12.8 Å². The number of rotatable bonds is 4. The van der Waals surface area contributed by atoms with E-state index in [0.717, 1.165) is 12.8 Å². The molecule has 0 spiro atoms. The van der Waals surface area contributed by atoms with Crippen LogP contribution in [0.15, 0.2) is 6.20 Å². The SMILES string of the molecule is Cn1ncc(C#N)c1NS(=O)(=O)NC1CC1. The molecule has 0 atom stereocenters. The normalized spacial score (nSPS) is 15.8. The van der Waals surface area contributed by atoms with Gasteiger partial charge in [-0.3, -0.25) is 9.40 Å². The van der Waals surface area contributed by atoms with E-state index in [4.69, 9.17) is 5.26 Å². The minimum atomic E-state index is -3.61. The third kappa shape index (κ3) is 2.32. The molecule has 0 saturated heterocycles. The van der Waals surface area contributed by atoms with E-state index >= 15 is 0 Å². The molecule has 7 nitrogen and oxygen atoms in total. The summed E-state index contributed by atoms with van der Waals surface area (Å²) >= 11 is 0.